The summed E-state index contributed by atoms with van der Waals surface area (Å²) in [6, 6.07) is 5.94. The SMILES string of the molecule is O=C(O)CCCCCCNS(=O)(=O)CCCCC(O)COc1ccccc1F. The number of aliphatic carboxylic acids is 1. The Morgan fingerprint density at radius 3 is 2.54 bits per heavy atom. The van der Waals surface area contributed by atoms with Gasteiger partial charge < -0.3 is 14.9 Å². The van der Waals surface area contributed by atoms with Crippen LogP contribution in [0.1, 0.15) is 51.4 Å². The summed E-state index contributed by atoms with van der Waals surface area (Å²) in [5, 5.41) is 18.4. The lowest BCUT2D eigenvalue weighted by Crippen LogP contribution is -2.27. The first-order valence-corrected chi connectivity index (χ1v) is 11.2. The summed E-state index contributed by atoms with van der Waals surface area (Å²) in [5.74, 6) is -1.25. The van der Waals surface area contributed by atoms with E-state index in [-0.39, 0.29) is 24.5 Å². The molecule has 1 aromatic carbocycles. The van der Waals surface area contributed by atoms with Gasteiger partial charge in [-0.3, -0.25) is 4.79 Å². The molecule has 0 bridgehead atoms. The number of benzene rings is 1. The summed E-state index contributed by atoms with van der Waals surface area (Å²) in [5.41, 5.74) is 0. The maximum Gasteiger partial charge on any atom is 0.303 e. The second-order valence-electron chi connectivity index (χ2n) is 6.66. The van der Waals surface area contributed by atoms with Gasteiger partial charge in [-0.1, -0.05) is 25.0 Å². The summed E-state index contributed by atoms with van der Waals surface area (Å²) >= 11 is 0. The van der Waals surface area contributed by atoms with Crippen LogP contribution in [-0.4, -0.2) is 49.6 Å². The molecular weight excluding hydrogens is 389 g/mol. The number of hydrogen-bond acceptors (Lipinski definition) is 5. The molecule has 0 aliphatic heterocycles. The summed E-state index contributed by atoms with van der Waals surface area (Å²) in [4.78, 5) is 10.4. The maximum atomic E-state index is 13.4. The van der Waals surface area contributed by atoms with E-state index in [1.807, 2.05) is 0 Å². The summed E-state index contributed by atoms with van der Waals surface area (Å²) in [6.07, 6.45) is 3.46. The number of aliphatic hydroxyl groups excluding tert-OH is 1. The highest BCUT2D eigenvalue weighted by Crippen LogP contribution is 2.16. The van der Waals surface area contributed by atoms with Gasteiger partial charge in [0.15, 0.2) is 11.6 Å². The lowest BCUT2D eigenvalue weighted by Gasteiger charge is -2.13. The lowest BCUT2D eigenvalue weighted by atomic mass is 10.1. The predicted molar refractivity (Wildman–Crippen MR) is 104 cm³/mol. The van der Waals surface area contributed by atoms with Crippen LogP contribution in [-0.2, 0) is 14.8 Å². The molecule has 0 fully saturated rings. The van der Waals surface area contributed by atoms with Gasteiger partial charge >= 0.3 is 5.97 Å². The van der Waals surface area contributed by atoms with Crippen LogP contribution < -0.4 is 9.46 Å². The molecule has 1 unspecified atom stereocenters. The molecule has 9 heteroatoms. The van der Waals surface area contributed by atoms with Crippen LogP contribution in [0.15, 0.2) is 24.3 Å². The minimum absolute atomic E-state index is 0.0209. The molecule has 0 saturated carbocycles. The van der Waals surface area contributed by atoms with Crippen LogP contribution in [0.3, 0.4) is 0 Å². The Bertz CT molecular complexity index is 683. The van der Waals surface area contributed by atoms with E-state index in [4.69, 9.17) is 9.84 Å². The van der Waals surface area contributed by atoms with Gasteiger partial charge in [0.25, 0.3) is 0 Å². The third-order valence-electron chi connectivity index (χ3n) is 4.11. The van der Waals surface area contributed by atoms with Gasteiger partial charge in [0.2, 0.25) is 10.0 Å². The van der Waals surface area contributed by atoms with Crippen molar-refractivity contribution in [3.63, 3.8) is 0 Å². The highest BCUT2D eigenvalue weighted by Gasteiger charge is 2.11. The van der Waals surface area contributed by atoms with Gasteiger partial charge in [-0.15, -0.1) is 0 Å². The maximum absolute atomic E-state index is 13.4. The molecule has 28 heavy (non-hydrogen) atoms. The molecule has 0 aliphatic carbocycles. The molecule has 0 spiro atoms. The zero-order chi connectivity index (χ0) is 20.8. The number of ether oxygens (including phenoxy) is 1. The second-order valence-corrected chi connectivity index (χ2v) is 8.59. The van der Waals surface area contributed by atoms with Crippen molar-refractivity contribution in [3.8, 4) is 5.75 Å². The number of unbranched alkanes of at least 4 members (excludes halogenated alkanes) is 4. The molecular formula is C19H30FNO6S. The smallest absolute Gasteiger partial charge is 0.303 e. The average molecular weight is 420 g/mol. The van der Waals surface area contributed by atoms with Crippen molar-refractivity contribution in [1.29, 1.82) is 0 Å². The van der Waals surface area contributed by atoms with Gasteiger partial charge in [0.05, 0.1) is 11.9 Å². The number of aliphatic hydroxyl groups is 1. The van der Waals surface area contributed by atoms with Crippen molar-refractivity contribution < 1.29 is 32.6 Å². The number of para-hydroxylation sites is 1. The fourth-order valence-corrected chi connectivity index (χ4v) is 3.74. The van der Waals surface area contributed by atoms with Gasteiger partial charge in [0, 0.05) is 13.0 Å². The Kier molecular flexibility index (Phi) is 11.7. The standard InChI is InChI=1S/C19H30FNO6S/c20-17-10-4-5-11-18(17)27-15-16(22)9-6-8-14-28(25,26)21-13-7-2-1-3-12-19(23)24/h4-5,10-11,16,21-22H,1-3,6-9,12-15H2,(H,23,24). The first-order valence-electron chi connectivity index (χ1n) is 9.54. The largest absolute Gasteiger partial charge is 0.488 e. The fourth-order valence-electron chi connectivity index (χ4n) is 2.56. The monoisotopic (exact) mass is 419 g/mol. The molecule has 1 atom stereocenters. The number of nitrogens with one attached hydrogen (secondary N) is 1. The van der Waals surface area contributed by atoms with Gasteiger partial charge in [-0.2, -0.15) is 0 Å². The summed E-state index contributed by atoms with van der Waals surface area (Å²) < 4.78 is 44.9. The number of carbonyl (C=O) groups is 1. The van der Waals surface area contributed by atoms with E-state index < -0.39 is 27.9 Å². The van der Waals surface area contributed by atoms with Crippen LogP contribution >= 0.6 is 0 Å². The molecule has 7 nitrogen and oxygen atoms in total. The van der Waals surface area contributed by atoms with Gasteiger partial charge in [0.1, 0.15) is 6.61 Å². The number of sulfonamides is 1. The van der Waals surface area contributed by atoms with Crippen molar-refractivity contribution in [2.45, 2.75) is 57.5 Å². The van der Waals surface area contributed by atoms with Crippen LogP contribution in [0.25, 0.3) is 0 Å². The first kappa shape index (κ1) is 24.3. The fraction of sp³-hybridized carbons (Fsp3) is 0.632. The van der Waals surface area contributed by atoms with E-state index in [1.54, 1.807) is 12.1 Å². The molecule has 0 aromatic heterocycles. The molecule has 0 amide bonds. The van der Waals surface area contributed by atoms with Crippen molar-refractivity contribution in [2.24, 2.45) is 0 Å². The molecule has 1 rings (SSSR count). The van der Waals surface area contributed by atoms with Crippen molar-refractivity contribution in [3.05, 3.63) is 30.1 Å². The number of halogens is 1. The number of hydrogen-bond donors (Lipinski definition) is 3. The van der Waals surface area contributed by atoms with Gasteiger partial charge in [-0.25, -0.2) is 17.5 Å². The van der Waals surface area contributed by atoms with Gasteiger partial charge in [-0.05, 0) is 44.2 Å². The van der Waals surface area contributed by atoms with Crippen LogP contribution in [0.2, 0.25) is 0 Å². The third kappa shape index (κ3) is 11.9. The number of carboxylic acids is 1. The van der Waals surface area contributed by atoms with E-state index in [1.165, 1.54) is 12.1 Å². The Labute approximate surface area is 166 Å². The highest BCUT2D eigenvalue weighted by molar-refractivity contribution is 7.89. The molecule has 3 N–H and O–H groups in total. The van der Waals surface area contributed by atoms with Crippen LogP contribution in [0.5, 0.6) is 5.75 Å². The number of carboxylic acid groups (broad SMARTS) is 1. The Balaban J connectivity index is 2.07. The molecule has 0 radical (unpaired) electrons. The minimum atomic E-state index is -3.35. The zero-order valence-electron chi connectivity index (χ0n) is 16.0. The van der Waals surface area contributed by atoms with Crippen LogP contribution in [0.4, 0.5) is 4.39 Å². The van der Waals surface area contributed by atoms with Crippen LogP contribution in [0, 0.1) is 5.82 Å². The van der Waals surface area contributed by atoms with E-state index in [2.05, 4.69) is 4.72 Å². The third-order valence-corrected chi connectivity index (χ3v) is 5.58. The summed E-state index contributed by atoms with van der Waals surface area (Å²) in [7, 11) is -3.35. The Hall–Kier alpha value is -1.71. The first-order chi connectivity index (χ1) is 13.3. The minimum Gasteiger partial charge on any atom is -0.488 e. The highest BCUT2D eigenvalue weighted by atomic mass is 32.2. The van der Waals surface area contributed by atoms with E-state index in [9.17, 15) is 22.7 Å². The van der Waals surface area contributed by atoms with E-state index in [0.29, 0.717) is 38.6 Å². The molecule has 160 valence electrons. The molecule has 0 saturated heterocycles. The number of rotatable bonds is 16. The molecule has 0 aliphatic rings. The van der Waals surface area contributed by atoms with Crippen molar-refractivity contribution in [2.75, 3.05) is 18.9 Å². The Morgan fingerprint density at radius 1 is 1.11 bits per heavy atom. The van der Waals surface area contributed by atoms with E-state index in [0.717, 1.165) is 12.8 Å². The average Bonchev–Trinajstić information content (AvgIpc) is 2.63. The van der Waals surface area contributed by atoms with Crippen molar-refractivity contribution in [1.82, 2.24) is 4.72 Å². The Morgan fingerprint density at radius 2 is 1.82 bits per heavy atom. The second kappa shape index (κ2) is 13.5. The molecule has 0 heterocycles. The normalized spacial score (nSPS) is 12.6. The lowest BCUT2D eigenvalue weighted by molar-refractivity contribution is -0.137. The topological polar surface area (TPSA) is 113 Å². The summed E-state index contributed by atoms with van der Waals surface area (Å²) in [6.45, 7) is 0.294. The quantitative estimate of drug-likeness (QED) is 0.355. The van der Waals surface area contributed by atoms with E-state index >= 15 is 0 Å². The molecule has 1 aromatic rings. The zero-order valence-corrected chi connectivity index (χ0v) is 16.8. The van der Waals surface area contributed by atoms with Crippen molar-refractivity contribution >= 4 is 16.0 Å². The predicted octanol–water partition coefficient (Wildman–Crippen LogP) is 2.69.